The summed E-state index contributed by atoms with van der Waals surface area (Å²) >= 11 is 15.8. The molecule has 6 nitrogen and oxygen atoms in total. The smallest absolute Gasteiger partial charge is 0.741 e. The molecule has 0 spiro atoms. The molecule has 0 atom stereocenters. The van der Waals surface area contributed by atoms with E-state index in [0.717, 1.165) is 5.56 Å². The van der Waals surface area contributed by atoms with E-state index in [-0.39, 0.29) is 27.4 Å². The number of hydrogen-bond donors (Lipinski definition) is 2. The zero-order valence-electron chi connectivity index (χ0n) is 12.6. The Hall–Kier alpha value is -1.25. The first kappa shape index (κ1) is 21.7. The minimum absolute atomic E-state index is 0. The zero-order chi connectivity index (χ0) is 16.5. The molecule has 0 aliphatic heterocycles. The number of rotatable bonds is 4. The quantitative estimate of drug-likeness (QED) is 0.257. The van der Waals surface area contributed by atoms with Gasteiger partial charge in [-0.3, -0.25) is 0 Å². The van der Waals surface area contributed by atoms with Gasteiger partial charge in [-0.15, -0.1) is 5.10 Å². The molecule has 1 rings (SSSR count). The molecule has 0 aromatic heterocycles. The Morgan fingerprint density at radius 1 is 0.913 bits per heavy atom. The SMILES string of the molecule is CNC([S-])=NN=C(C)C(=NN=C([S-])NC)c1ccc(Cl)cc1.[Cu+2]. The van der Waals surface area contributed by atoms with Gasteiger partial charge in [0.15, 0.2) is 0 Å². The van der Waals surface area contributed by atoms with Crippen molar-refractivity contribution in [2.24, 2.45) is 20.4 Å². The molecular formula is C13H15ClCuN6S2. The molecule has 0 heterocycles. The van der Waals surface area contributed by atoms with Gasteiger partial charge in [-0.05, 0) is 29.4 Å². The predicted octanol–water partition coefficient (Wildman–Crippen LogP) is 1.66. The van der Waals surface area contributed by atoms with Crippen LogP contribution in [0.25, 0.3) is 0 Å². The molecule has 0 aliphatic carbocycles. The maximum Gasteiger partial charge on any atom is 2.00 e. The summed E-state index contributed by atoms with van der Waals surface area (Å²) in [6.45, 7) is 1.76. The van der Waals surface area contributed by atoms with Crippen LogP contribution in [-0.2, 0) is 42.3 Å². The second-order valence-corrected chi connectivity index (χ2v) is 5.16. The van der Waals surface area contributed by atoms with Crippen molar-refractivity contribution < 1.29 is 17.1 Å². The van der Waals surface area contributed by atoms with Gasteiger partial charge < -0.3 is 35.9 Å². The van der Waals surface area contributed by atoms with E-state index in [1.54, 1.807) is 33.2 Å². The molecule has 0 amide bonds. The van der Waals surface area contributed by atoms with Gasteiger partial charge in [-0.25, -0.2) is 0 Å². The monoisotopic (exact) mass is 417 g/mol. The van der Waals surface area contributed by atoms with Gasteiger partial charge in [0.25, 0.3) is 0 Å². The van der Waals surface area contributed by atoms with Crippen molar-refractivity contribution in [1.29, 1.82) is 0 Å². The number of nitrogens with zero attached hydrogens (tertiary/aromatic N) is 4. The van der Waals surface area contributed by atoms with Crippen LogP contribution in [0.4, 0.5) is 0 Å². The van der Waals surface area contributed by atoms with Crippen LogP contribution in [0.15, 0.2) is 44.7 Å². The molecule has 1 radical (unpaired) electrons. The maximum atomic E-state index is 5.90. The van der Waals surface area contributed by atoms with Gasteiger partial charge >= 0.3 is 17.1 Å². The van der Waals surface area contributed by atoms with Crippen molar-refractivity contribution >= 4 is 58.6 Å². The Morgan fingerprint density at radius 2 is 1.39 bits per heavy atom. The molecular weight excluding hydrogens is 403 g/mol. The van der Waals surface area contributed by atoms with Gasteiger partial charge in [-0.2, -0.15) is 15.3 Å². The third-order valence-electron chi connectivity index (χ3n) is 2.42. The molecule has 0 unspecified atom stereocenters. The largest absolute Gasteiger partial charge is 2.00 e. The number of hydrogen-bond acceptors (Lipinski definition) is 6. The van der Waals surface area contributed by atoms with Crippen molar-refractivity contribution in [2.75, 3.05) is 14.1 Å². The van der Waals surface area contributed by atoms with Crippen LogP contribution in [-0.4, -0.2) is 35.9 Å². The van der Waals surface area contributed by atoms with E-state index in [0.29, 0.717) is 16.4 Å². The van der Waals surface area contributed by atoms with Crippen LogP contribution in [0.3, 0.4) is 0 Å². The summed E-state index contributed by atoms with van der Waals surface area (Å²) in [5.41, 5.74) is 1.86. The fourth-order valence-electron chi connectivity index (χ4n) is 1.31. The first-order valence-electron chi connectivity index (χ1n) is 6.21. The molecule has 0 saturated carbocycles. The van der Waals surface area contributed by atoms with Crippen LogP contribution in [0.2, 0.25) is 5.02 Å². The third-order valence-corrected chi connectivity index (χ3v) is 3.24. The van der Waals surface area contributed by atoms with E-state index in [2.05, 4.69) is 31.0 Å². The zero-order valence-corrected chi connectivity index (χ0v) is 15.9. The Bertz CT molecular complexity index is 628. The fourth-order valence-corrected chi connectivity index (χ4v) is 1.52. The van der Waals surface area contributed by atoms with Crippen molar-refractivity contribution in [3.8, 4) is 0 Å². The molecule has 0 aliphatic rings. The number of amidine groups is 2. The molecule has 1 aromatic rings. The van der Waals surface area contributed by atoms with Crippen LogP contribution >= 0.6 is 11.6 Å². The minimum Gasteiger partial charge on any atom is -0.741 e. The molecule has 0 bridgehead atoms. The number of nitrogens with one attached hydrogen (secondary N) is 2. The second-order valence-electron chi connectivity index (χ2n) is 3.95. The van der Waals surface area contributed by atoms with E-state index in [1.807, 2.05) is 12.1 Å². The Labute approximate surface area is 162 Å². The van der Waals surface area contributed by atoms with Crippen LogP contribution in [0, 0.1) is 0 Å². The van der Waals surface area contributed by atoms with Gasteiger partial charge in [0.05, 0.1) is 5.71 Å². The van der Waals surface area contributed by atoms with Crippen molar-refractivity contribution in [1.82, 2.24) is 10.6 Å². The van der Waals surface area contributed by atoms with Crippen molar-refractivity contribution in [2.45, 2.75) is 6.92 Å². The number of benzene rings is 1. The normalized spacial score (nSPS) is 13.4. The molecule has 0 saturated heterocycles. The van der Waals surface area contributed by atoms with Crippen molar-refractivity contribution in [3.63, 3.8) is 0 Å². The molecule has 0 fully saturated rings. The molecule has 1 aromatic carbocycles. The first-order valence-corrected chi connectivity index (χ1v) is 7.41. The number of halogens is 1. The van der Waals surface area contributed by atoms with E-state index in [9.17, 15) is 0 Å². The second kappa shape index (κ2) is 11.3. The summed E-state index contributed by atoms with van der Waals surface area (Å²) in [5, 5.41) is 22.6. The summed E-state index contributed by atoms with van der Waals surface area (Å²) in [7, 11) is 3.34. The summed E-state index contributed by atoms with van der Waals surface area (Å²) in [4.78, 5) is 0. The Morgan fingerprint density at radius 3 is 1.87 bits per heavy atom. The Kier molecular flexibility index (Phi) is 10.7. The van der Waals surface area contributed by atoms with Gasteiger partial charge in [-0.1, -0.05) is 23.7 Å². The van der Waals surface area contributed by atoms with Gasteiger partial charge in [0, 0.05) is 24.7 Å². The fraction of sp³-hybridized carbons (Fsp3) is 0.231. The minimum atomic E-state index is 0. The average molecular weight is 418 g/mol. The average Bonchev–Trinajstić information content (AvgIpc) is 2.53. The van der Waals surface area contributed by atoms with Gasteiger partial charge in [0.2, 0.25) is 0 Å². The van der Waals surface area contributed by atoms with Crippen molar-refractivity contribution in [3.05, 3.63) is 34.9 Å². The molecule has 127 valence electrons. The van der Waals surface area contributed by atoms with Gasteiger partial charge in [0.1, 0.15) is 5.71 Å². The summed E-state index contributed by atoms with van der Waals surface area (Å²) in [6, 6.07) is 7.14. The molecule has 10 heteroatoms. The summed E-state index contributed by atoms with van der Waals surface area (Å²) in [5.74, 6) is 0. The van der Waals surface area contributed by atoms with E-state index in [4.69, 9.17) is 36.9 Å². The summed E-state index contributed by atoms with van der Waals surface area (Å²) in [6.07, 6.45) is 0. The van der Waals surface area contributed by atoms with Crippen LogP contribution in [0.5, 0.6) is 0 Å². The summed E-state index contributed by atoms with van der Waals surface area (Å²) < 4.78 is 0. The van der Waals surface area contributed by atoms with E-state index < -0.39 is 0 Å². The Balaban J connectivity index is 0.00000484. The predicted molar refractivity (Wildman–Crippen MR) is 98.8 cm³/mol. The van der Waals surface area contributed by atoms with E-state index >= 15 is 0 Å². The maximum absolute atomic E-state index is 5.90. The molecule has 23 heavy (non-hydrogen) atoms. The van der Waals surface area contributed by atoms with E-state index in [1.165, 1.54) is 0 Å². The topological polar surface area (TPSA) is 73.5 Å². The first-order chi connectivity index (χ1) is 10.5. The molecule has 2 N–H and O–H groups in total. The van der Waals surface area contributed by atoms with Crippen LogP contribution < -0.4 is 10.6 Å². The van der Waals surface area contributed by atoms with Crippen LogP contribution in [0.1, 0.15) is 12.5 Å². The third kappa shape index (κ3) is 7.71. The standard InChI is InChI=1S/C13H17ClN6S2.Cu/c1-8(17-19-12(21)15-2)11(18-20-13(22)16-3)9-4-6-10(14)7-5-9;/h4-7H,1-3H3,(H2,15,19,21)(H2,16,20,22);/q;+2/p-2.